The van der Waals surface area contributed by atoms with E-state index < -0.39 is 65.6 Å². The molecule has 1 unspecified atom stereocenters. The maximum atomic E-state index is 13.7. The minimum Gasteiger partial charge on any atom is -0.481 e. The van der Waals surface area contributed by atoms with Gasteiger partial charge in [0.2, 0.25) is 5.91 Å². The van der Waals surface area contributed by atoms with E-state index in [-0.39, 0.29) is 67.9 Å². The standard InChI is InChI=1S/C42H49N5O13/c1-6-25-26-18-24(11-12-30(26)43-34-27(25)21-47-32(34)19-29-28(35(47)50)22-58-38(54)42(29,57)7-2)60-40(56)46(5)17-16-45(4)39(55)59-23-10-8-9-14-41(3,15-13-23)37(53)44-31(36(51)52)20-33(48)49/h8,10-12,18-19,23,31,57H,6-7,9,13-17,20-22H2,1-5H3,(H,44,53)(H,48,49)(H,51,52)/b10-8+/t23-,31?,41+,42-/m0/s1. The molecule has 1 aromatic carbocycles. The highest BCUT2D eigenvalue weighted by Gasteiger charge is 2.45. The average Bonchev–Trinajstić information content (AvgIpc) is 3.57. The molecule has 320 valence electrons. The molecule has 18 nitrogen and oxygen atoms in total. The predicted molar refractivity (Wildman–Crippen MR) is 213 cm³/mol. The van der Waals surface area contributed by atoms with Crippen molar-refractivity contribution in [2.45, 2.75) is 96.6 Å². The highest BCUT2D eigenvalue weighted by atomic mass is 16.6. The number of hydrogen-bond donors (Lipinski definition) is 4. The second-order valence-corrected chi connectivity index (χ2v) is 15.7. The first-order valence-electron chi connectivity index (χ1n) is 19.8. The van der Waals surface area contributed by atoms with E-state index in [0.717, 1.165) is 16.5 Å². The molecule has 3 aliphatic rings. The third-order valence-corrected chi connectivity index (χ3v) is 11.7. The minimum absolute atomic E-state index is 0.0316. The first kappa shape index (κ1) is 43.3. The molecule has 60 heavy (non-hydrogen) atoms. The van der Waals surface area contributed by atoms with Crippen LogP contribution in [0.15, 0.2) is 41.2 Å². The molecule has 0 saturated carbocycles. The number of allylic oxidation sites excluding steroid dienone is 1. The Morgan fingerprint density at radius 3 is 2.42 bits per heavy atom. The van der Waals surface area contributed by atoms with Gasteiger partial charge in [-0.25, -0.2) is 24.2 Å². The van der Waals surface area contributed by atoms with Crippen LogP contribution < -0.4 is 15.6 Å². The third-order valence-electron chi connectivity index (χ3n) is 11.7. The van der Waals surface area contributed by atoms with Crippen LogP contribution in [0.25, 0.3) is 22.3 Å². The topological polar surface area (TPSA) is 244 Å². The summed E-state index contributed by atoms with van der Waals surface area (Å²) in [6, 6.07) is 5.12. The van der Waals surface area contributed by atoms with Gasteiger partial charge in [-0.05, 0) is 74.4 Å². The Kier molecular flexibility index (Phi) is 12.4. The Morgan fingerprint density at radius 2 is 1.75 bits per heavy atom. The third kappa shape index (κ3) is 8.41. The van der Waals surface area contributed by atoms with Gasteiger partial charge >= 0.3 is 30.1 Å². The van der Waals surface area contributed by atoms with Gasteiger partial charge in [-0.1, -0.05) is 26.8 Å². The van der Waals surface area contributed by atoms with Gasteiger partial charge in [-0.15, -0.1) is 0 Å². The molecule has 0 saturated heterocycles. The van der Waals surface area contributed by atoms with E-state index >= 15 is 0 Å². The number of amides is 3. The second-order valence-electron chi connectivity index (χ2n) is 15.7. The maximum absolute atomic E-state index is 13.7. The predicted octanol–water partition coefficient (Wildman–Crippen LogP) is 3.69. The van der Waals surface area contributed by atoms with Crippen molar-refractivity contribution in [3.63, 3.8) is 0 Å². The summed E-state index contributed by atoms with van der Waals surface area (Å²) in [7, 11) is 3.04. The summed E-state index contributed by atoms with van der Waals surface area (Å²) < 4.78 is 18.2. The highest BCUT2D eigenvalue weighted by molar-refractivity contribution is 5.91. The number of fused-ring (bicyclic) bond motifs is 5. The fourth-order valence-electron chi connectivity index (χ4n) is 7.85. The van der Waals surface area contributed by atoms with Crippen LogP contribution in [0.1, 0.15) is 81.5 Å². The van der Waals surface area contributed by atoms with E-state index in [1.807, 2.05) is 6.92 Å². The van der Waals surface area contributed by atoms with Crippen molar-refractivity contribution in [1.82, 2.24) is 24.7 Å². The van der Waals surface area contributed by atoms with E-state index in [2.05, 4.69) is 5.32 Å². The molecule has 6 rings (SSSR count). The van der Waals surface area contributed by atoms with Crippen molar-refractivity contribution in [3.8, 4) is 17.1 Å². The molecule has 0 bridgehead atoms. The zero-order chi connectivity index (χ0) is 43.7. The number of aliphatic carboxylic acids is 2. The number of nitrogens with one attached hydrogen (secondary N) is 1. The van der Waals surface area contributed by atoms with Crippen LogP contribution in [-0.4, -0.2) is 110 Å². The van der Waals surface area contributed by atoms with Gasteiger partial charge in [0, 0.05) is 49.1 Å². The first-order chi connectivity index (χ1) is 28.4. The number of aromatic nitrogens is 2. The van der Waals surface area contributed by atoms with Crippen LogP contribution >= 0.6 is 0 Å². The number of carboxylic acids is 2. The Morgan fingerprint density at radius 1 is 1.03 bits per heavy atom. The minimum atomic E-state index is -1.94. The van der Waals surface area contributed by atoms with Crippen LogP contribution in [-0.2, 0) is 53.8 Å². The second kappa shape index (κ2) is 17.1. The largest absolute Gasteiger partial charge is 0.481 e. The monoisotopic (exact) mass is 831 g/mol. The quantitative estimate of drug-likeness (QED) is 0.118. The molecule has 4 heterocycles. The average molecular weight is 832 g/mol. The smallest absolute Gasteiger partial charge is 0.415 e. The summed E-state index contributed by atoms with van der Waals surface area (Å²) >= 11 is 0. The van der Waals surface area contributed by atoms with Crippen molar-refractivity contribution in [3.05, 3.63) is 69.0 Å². The Bertz CT molecular complexity index is 2360. The lowest BCUT2D eigenvalue weighted by atomic mass is 9.77. The zero-order valence-corrected chi connectivity index (χ0v) is 34.1. The summed E-state index contributed by atoms with van der Waals surface area (Å²) in [5, 5.41) is 32.7. The molecule has 2 aromatic heterocycles. The van der Waals surface area contributed by atoms with E-state index in [1.54, 1.807) is 54.8 Å². The molecule has 1 aliphatic carbocycles. The summed E-state index contributed by atoms with van der Waals surface area (Å²) in [4.78, 5) is 95.7. The number of aryl methyl sites for hydroxylation is 1. The van der Waals surface area contributed by atoms with E-state index in [0.29, 0.717) is 36.2 Å². The molecule has 0 spiro atoms. The summed E-state index contributed by atoms with van der Waals surface area (Å²) in [5.74, 6) is -3.94. The van der Waals surface area contributed by atoms with E-state index in [9.17, 15) is 43.8 Å². The first-order valence-corrected chi connectivity index (χ1v) is 19.8. The van der Waals surface area contributed by atoms with E-state index in [4.69, 9.17) is 24.3 Å². The number of likely N-dealkylation sites (N-methyl/N-ethyl adjacent to an activating group) is 2. The zero-order valence-electron chi connectivity index (χ0n) is 34.1. The number of carboxylic acid groups (broad SMARTS) is 2. The molecule has 0 fully saturated rings. The molecular formula is C42H49N5O13. The molecule has 0 radical (unpaired) electrons. The SMILES string of the molecule is CCc1c2c(nc3ccc(OC(=O)N(C)CCN(C)C(=O)O[C@H]4/C=C/CC[C@@](C)(C(=O)NC(CC(=O)O)C(=O)O)CC4)cc13)-c1cc3c(c(=O)n1C2)COC(=O)[C@]3(O)CC. The van der Waals surface area contributed by atoms with Crippen molar-refractivity contribution < 1.29 is 58.3 Å². The Hall–Kier alpha value is -6.30. The van der Waals surface area contributed by atoms with Gasteiger partial charge in [-0.3, -0.25) is 14.4 Å². The van der Waals surface area contributed by atoms with Crippen LogP contribution in [0.2, 0.25) is 0 Å². The number of carbonyl (C=O) groups is 6. The van der Waals surface area contributed by atoms with Gasteiger partial charge in [-0.2, -0.15) is 0 Å². The van der Waals surface area contributed by atoms with E-state index in [1.165, 1.54) is 23.9 Å². The Balaban J connectivity index is 1.07. The van der Waals surface area contributed by atoms with Crippen molar-refractivity contribution >= 4 is 46.9 Å². The molecule has 3 amide bonds. The van der Waals surface area contributed by atoms with Gasteiger partial charge in [0.1, 0.15) is 24.5 Å². The van der Waals surface area contributed by atoms with Crippen LogP contribution in [0.5, 0.6) is 5.75 Å². The molecular weight excluding hydrogens is 782 g/mol. The number of hydrogen-bond acceptors (Lipinski definition) is 12. The number of cyclic esters (lactones) is 1. The van der Waals surface area contributed by atoms with Crippen molar-refractivity contribution in [2.24, 2.45) is 5.41 Å². The van der Waals surface area contributed by atoms with Crippen molar-refractivity contribution in [2.75, 3.05) is 27.2 Å². The molecule has 3 aromatic rings. The highest BCUT2D eigenvalue weighted by Crippen LogP contribution is 2.41. The normalized spacial score (nSPS) is 21.5. The fraction of sp³-hybridized carbons (Fsp3) is 0.476. The van der Waals surface area contributed by atoms with Crippen LogP contribution in [0.4, 0.5) is 9.59 Å². The molecule has 2 aliphatic heterocycles. The van der Waals surface area contributed by atoms with Crippen LogP contribution in [0.3, 0.4) is 0 Å². The number of aliphatic hydroxyl groups is 1. The van der Waals surface area contributed by atoms with Gasteiger partial charge in [0.15, 0.2) is 5.60 Å². The van der Waals surface area contributed by atoms with Crippen LogP contribution in [0, 0.1) is 5.41 Å². The number of carbonyl (C=O) groups excluding carboxylic acids is 4. The summed E-state index contributed by atoms with van der Waals surface area (Å²) in [6.07, 6.45) is 2.61. The number of pyridine rings is 2. The van der Waals surface area contributed by atoms with Gasteiger partial charge in [0.05, 0.1) is 35.4 Å². The fourth-order valence-corrected chi connectivity index (χ4v) is 7.85. The number of benzene rings is 1. The molecule has 4 atom stereocenters. The summed E-state index contributed by atoms with van der Waals surface area (Å²) in [5.41, 5.74) is 0.493. The number of nitrogens with zero attached hydrogens (tertiary/aromatic N) is 4. The molecule has 4 N–H and O–H groups in total. The molecule has 18 heteroatoms. The number of ether oxygens (including phenoxy) is 3. The van der Waals surface area contributed by atoms with Crippen molar-refractivity contribution in [1.29, 1.82) is 0 Å². The summed E-state index contributed by atoms with van der Waals surface area (Å²) in [6.45, 7) is 5.45. The van der Waals surface area contributed by atoms with Gasteiger partial charge < -0.3 is 49.2 Å². The van der Waals surface area contributed by atoms with Gasteiger partial charge in [0.25, 0.3) is 5.56 Å². The number of esters is 1. The lowest BCUT2D eigenvalue weighted by molar-refractivity contribution is -0.172. The maximum Gasteiger partial charge on any atom is 0.415 e. The Labute approximate surface area is 344 Å². The lowest BCUT2D eigenvalue weighted by Gasteiger charge is -2.32. The number of rotatable bonds is 12. The lowest BCUT2D eigenvalue weighted by Crippen LogP contribution is -2.48.